The largest absolute Gasteiger partial charge is 0.494 e. The van der Waals surface area contributed by atoms with Crippen molar-refractivity contribution in [1.82, 2.24) is 0 Å². The van der Waals surface area contributed by atoms with Gasteiger partial charge in [-0.3, -0.25) is 14.9 Å². The topological polar surface area (TPSA) is 81.5 Å². The molecule has 0 aliphatic rings. The molecule has 7 heteroatoms. The Hall–Kier alpha value is -3.32. The van der Waals surface area contributed by atoms with E-state index in [2.05, 4.69) is 5.32 Å². The van der Waals surface area contributed by atoms with E-state index >= 15 is 0 Å². The summed E-state index contributed by atoms with van der Waals surface area (Å²) in [6.07, 6.45) is 0. The van der Waals surface area contributed by atoms with Gasteiger partial charge < -0.3 is 10.1 Å². The van der Waals surface area contributed by atoms with E-state index in [4.69, 9.17) is 4.74 Å². The Morgan fingerprint density at radius 3 is 2.29 bits per heavy atom. The molecule has 0 bridgehead atoms. The van der Waals surface area contributed by atoms with Gasteiger partial charge in [0.05, 0.1) is 23.8 Å². The lowest BCUT2D eigenvalue weighted by molar-refractivity contribution is -0.384. The Morgan fingerprint density at radius 2 is 1.68 bits per heavy atom. The molecule has 1 atom stereocenters. The van der Waals surface area contributed by atoms with Crippen LogP contribution in [0.15, 0.2) is 83.8 Å². The van der Waals surface area contributed by atoms with Gasteiger partial charge in [-0.2, -0.15) is 0 Å². The third kappa shape index (κ3) is 4.69. The molecule has 142 valence electrons. The van der Waals surface area contributed by atoms with Crippen molar-refractivity contribution in [1.29, 1.82) is 0 Å². The summed E-state index contributed by atoms with van der Waals surface area (Å²) in [7, 11) is 1.40. The van der Waals surface area contributed by atoms with Crippen LogP contribution in [-0.2, 0) is 4.79 Å². The predicted octanol–water partition coefficient (Wildman–Crippen LogP) is 5.08. The Kier molecular flexibility index (Phi) is 6.29. The van der Waals surface area contributed by atoms with Crippen LogP contribution in [0.4, 0.5) is 11.4 Å². The number of ether oxygens (including phenoxy) is 1. The van der Waals surface area contributed by atoms with Crippen molar-refractivity contribution in [3.05, 3.63) is 94.5 Å². The molecule has 0 saturated carbocycles. The van der Waals surface area contributed by atoms with Crippen LogP contribution in [-0.4, -0.2) is 17.9 Å². The lowest BCUT2D eigenvalue weighted by Crippen LogP contribution is -2.19. The average Bonchev–Trinajstić information content (AvgIpc) is 2.73. The van der Waals surface area contributed by atoms with E-state index in [1.54, 1.807) is 0 Å². The molecule has 3 rings (SSSR count). The van der Waals surface area contributed by atoms with Crippen LogP contribution in [0, 0.1) is 10.1 Å². The van der Waals surface area contributed by atoms with Crippen LogP contribution < -0.4 is 10.1 Å². The molecule has 3 aromatic carbocycles. The molecule has 0 saturated heterocycles. The first-order valence-electron chi connectivity index (χ1n) is 8.48. The number of hydrogen-bond acceptors (Lipinski definition) is 5. The van der Waals surface area contributed by atoms with Gasteiger partial charge >= 0.3 is 0 Å². The summed E-state index contributed by atoms with van der Waals surface area (Å²) < 4.78 is 5.21. The number of nitrogens with one attached hydrogen (secondary N) is 1. The maximum Gasteiger partial charge on any atom is 0.273 e. The molecule has 6 nitrogen and oxygen atoms in total. The fourth-order valence-corrected chi connectivity index (χ4v) is 3.68. The highest BCUT2D eigenvalue weighted by Gasteiger charge is 2.23. The first-order chi connectivity index (χ1) is 13.6. The molecule has 0 aromatic heterocycles. The summed E-state index contributed by atoms with van der Waals surface area (Å²) in [5.74, 6) is -0.00808. The molecule has 1 N–H and O–H groups in total. The van der Waals surface area contributed by atoms with Gasteiger partial charge in [-0.15, -0.1) is 11.8 Å². The van der Waals surface area contributed by atoms with Gasteiger partial charge in [0, 0.05) is 11.0 Å². The molecule has 0 radical (unpaired) electrons. The molecule has 0 spiro atoms. The molecule has 28 heavy (non-hydrogen) atoms. The zero-order chi connectivity index (χ0) is 19.9. The molecular weight excluding hydrogens is 376 g/mol. The lowest BCUT2D eigenvalue weighted by atomic mass is 10.1. The molecule has 0 aliphatic heterocycles. The van der Waals surface area contributed by atoms with Crippen LogP contribution >= 0.6 is 11.8 Å². The summed E-state index contributed by atoms with van der Waals surface area (Å²) in [5, 5.41) is 13.3. The highest BCUT2D eigenvalue weighted by atomic mass is 32.2. The third-order valence-electron chi connectivity index (χ3n) is 3.99. The number of nitrogens with zero attached hydrogens (tertiary/aromatic N) is 1. The van der Waals surface area contributed by atoms with E-state index in [1.807, 2.05) is 60.7 Å². The summed E-state index contributed by atoms with van der Waals surface area (Å²) in [6.45, 7) is 0. The average molecular weight is 394 g/mol. The standard InChI is InChI=1S/C21H18N2O4S/c1-27-19-14-16(23(25)26)12-13-18(19)22-21(24)20(15-8-4-2-5-9-15)28-17-10-6-3-7-11-17/h2-14,20H,1H3,(H,22,24). The van der Waals surface area contributed by atoms with Gasteiger partial charge in [-0.1, -0.05) is 48.5 Å². The Morgan fingerprint density at radius 1 is 1.04 bits per heavy atom. The summed E-state index contributed by atoms with van der Waals surface area (Å²) in [6, 6.07) is 23.2. The minimum atomic E-state index is -0.508. The van der Waals surface area contributed by atoms with Crippen molar-refractivity contribution in [2.24, 2.45) is 0 Å². The van der Waals surface area contributed by atoms with Crippen molar-refractivity contribution in [2.45, 2.75) is 10.1 Å². The van der Waals surface area contributed by atoms with Crippen molar-refractivity contribution in [3.63, 3.8) is 0 Å². The van der Waals surface area contributed by atoms with Crippen LogP contribution in [0.3, 0.4) is 0 Å². The fraction of sp³-hybridized carbons (Fsp3) is 0.0952. The fourth-order valence-electron chi connectivity index (χ4n) is 2.63. The predicted molar refractivity (Wildman–Crippen MR) is 110 cm³/mol. The molecular formula is C21H18N2O4S. The highest BCUT2D eigenvalue weighted by Crippen LogP contribution is 2.37. The second-order valence-corrected chi connectivity index (χ2v) is 7.03. The van der Waals surface area contributed by atoms with E-state index in [-0.39, 0.29) is 17.3 Å². The summed E-state index contributed by atoms with van der Waals surface area (Å²) in [5.41, 5.74) is 1.13. The number of amides is 1. The van der Waals surface area contributed by atoms with Gasteiger partial charge in [0.25, 0.3) is 5.69 Å². The number of benzene rings is 3. The van der Waals surface area contributed by atoms with Gasteiger partial charge in [0.1, 0.15) is 11.0 Å². The van der Waals surface area contributed by atoms with Gasteiger partial charge in [-0.25, -0.2) is 0 Å². The monoisotopic (exact) mass is 394 g/mol. The SMILES string of the molecule is COc1cc([N+](=O)[O-])ccc1NC(=O)C(Sc1ccccc1)c1ccccc1. The van der Waals surface area contributed by atoms with Gasteiger partial charge in [0.2, 0.25) is 5.91 Å². The smallest absolute Gasteiger partial charge is 0.273 e. The maximum absolute atomic E-state index is 13.1. The quantitative estimate of drug-likeness (QED) is 0.343. The summed E-state index contributed by atoms with van der Waals surface area (Å²) >= 11 is 1.43. The number of thioether (sulfide) groups is 1. The number of nitro benzene ring substituents is 1. The number of rotatable bonds is 7. The second kappa shape index (κ2) is 9.05. The molecule has 0 heterocycles. The first kappa shape index (κ1) is 19.4. The Balaban J connectivity index is 1.88. The zero-order valence-electron chi connectivity index (χ0n) is 15.1. The molecule has 0 fully saturated rings. The number of non-ortho nitro benzene ring substituents is 1. The molecule has 0 aliphatic carbocycles. The van der Waals surface area contributed by atoms with Gasteiger partial charge in [-0.05, 0) is 23.8 Å². The molecule has 3 aromatic rings. The number of carbonyl (C=O) groups excluding carboxylic acids is 1. The Labute approximate surface area is 166 Å². The van der Waals surface area contributed by atoms with Crippen LogP contribution in [0.25, 0.3) is 0 Å². The summed E-state index contributed by atoms with van der Waals surface area (Å²) in [4.78, 5) is 24.5. The second-order valence-electron chi connectivity index (χ2n) is 5.85. The van der Waals surface area contributed by atoms with Crippen molar-refractivity contribution in [3.8, 4) is 5.75 Å². The van der Waals surface area contributed by atoms with Crippen LogP contribution in [0.2, 0.25) is 0 Å². The van der Waals surface area contributed by atoms with Crippen LogP contribution in [0.1, 0.15) is 10.8 Å². The van der Waals surface area contributed by atoms with Crippen LogP contribution in [0.5, 0.6) is 5.75 Å². The number of nitro groups is 1. The highest BCUT2D eigenvalue weighted by molar-refractivity contribution is 8.00. The van der Waals surface area contributed by atoms with Crippen molar-refractivity contribution < 1.29 is 14.5 Å². The Bertz CT molecular complexity index is 965. The maximum atomic E-state index is 13.1. The number of hydrogen-bond donors (Lipinski definition) is 1. The molecule has 1 unspecified atom stereocenters. The number of carbonyl (C=O) groups is 1. The zero-order valence-corrected chi connectivity index (χ0v) is 15.9. The van der Waals surface area contributed by atoms with E-state index < -0.39 is 10.2 Å². The first-order valence-corrected chi connectivity index (χ1v) is 9.36. The van der Waals surface area contributed by atoms with E-state index in [1.165, 1.54) is 37.1 Å². The number of methoxy groups -OCH3 is 1. The van der Waals surface area contributed by atoms with E-state index in [0.717, 1.165) is 10.5 Å². The van der Waals surface area contributed by atoms with E-state index in [9.17, 15) is 14.9 Å². The molecule has 1 amide bonds. The third-order valence-corrected chi connectivity index (χ3v) is 5.26. The minimum absolute atomic E-state index is 0.104. The lowest BCUT2D eigenvalue weighted by Gasteiger charge is -2.18. The van der Waals surface area contributed by atoms with E-state index in [0.29, 0.717) is 5.69 Å². The minimum Gasteiger partial charge on any atom is -0.494 e. The number of anilines is 1. The normalized spacial score (nSPS) is 11.5. The van der Waals surface area contributed by atoms with Crippen molar-refractivity contribution >= 4 is 29.0 Å². The van der Waals surface area contributed by atoms with Crippen molar-refractivity contribution in [2.75, 3.05) is 12.4 Å². The van der Waals surface area contributed by atoms with Gasteiger partial charge in [0.15, 0.2) is 0 Å².